The predicted molar refractivity (Wildman–Crippen MR) is 102 cm³/mol. The third kappa shape index (κ3) is 3.28. The third-order valence-electron chi connectivity index (χ3n) is 4.64. The number of nitrogens with one attached hydrogen (secondary N) is 1. The van der Waals surface area contributed by atoms with E-state index in [1.54, 1.807) is 17.3 Å². The van der Waals surface area contributed by atoms with Crippen LogP contribution in [-0.4, -0.2) is 23.3 Å². The molecule has 4 rings (SSSR count). The Labute approximate surface area is 151 Å². The highest BCUT2D eigenvalue weighted by Crippen LogP contribution is 2.23. The number of nitrogens with zero attached hydrogens (tertiary/aromatic N) is 2. The van der Waals surface area contributed by atoms with Crippen LogP contribution in [0.15, 0.2) is 60.9 Å². The van der Waals surface area contributed by atoms with Gasteiger partial charge >= 0.3 is 0 Å². The number of hydrogen-bond donors (Lipinski definition) is 1. The number of rotatable bonds is 4. The Bertz CT molecular complexity index is 961. The van der Waals surface area contributed by atoms with Crippen molar-refractivity contribution in [2.45, 2.75) is 19.3 Å². The van der Waals surface area contributed by atoms with Gasteiger partial charge in [0.15, 0.2) is 0 Å². The first kappa shape index (κ1) is 16.3. The van der Waals surface area contributed by atoms with Crippen LogP contribution in [0.4, 0.5) is 11.4 Å². The third-order valence-corrected chi connectivity index (χ3v) is 4.64. The molecule has 1 fully saturated rings. The van der Waals surface area contributed by atoms with Crippen molar-refractivity contribution in [2.75, 3.05) is 16.8 Å². The summed E-state index contributed by atoms with van der Waals surface area (Å²) in [6.07, 6.45) is 5.31. The lowest BCUT2D eigenvalue weighted by Crippen LogP contribution is -2.23. The first-order valence-electron chi connectivity index (χ1n) is 8.72. The highest BCUT2D eigenvalue weighted by Gasteiger charge is 2.21. The second-order valence-corrected chi connectivity index (χ2v) is 6.44. The molecule has 0 saturated carbocycles. The minimum absolute atomic E-state index is 0.0701. The first-order valence-corrected chi connectivity index (χ1v) is 8.72. The molecule has 26 heavy (non-hydrogen) atoms. The fourth-order valence-electron chi connectivity index (χ4n) is 3.33. The molecule has 2 amide bonds. The van der Waals surface area contributed by atoms with E-state index in [9.17, 15) is 9.59 Å². The number of pyridine rings is 1. The maximum atomic E-state index is 12.4. The van der Waals surface area contributed by atoms with Gasteiger partial charge in [0, 0.05) is 47.5 Å². The summed E-state index contributed by atoms with van der Waals surface area (Å²) >= 11 is 0. The molecular formula is C21H19N3O2. The summed E-state index contributed by atoms with van der Waals surface area (Å²) in [7, 11) is 0. The molecule has 2 heterocycles. The number of hydrogen-bond acceptors (Lipinski definition) is 3. The summed E-state index contributed by atoms with van der Waals surface area (Å²) in [6.45, 7) is 0.772. The minimum Gasteiger partial charge on any atom is -0.325 e. The van der Waals surface area contributed by atoms with Crippen LogP contribution in [0.1, 0.15) is 18.4 Å². The van der Waals surface area contributed by atoms with Gasteiger partial charge in [0.25, 0.3) is 0 Å². The van der Waals surface area contributed by atoms with Gasteiger partial charge < -0.3 is 10.2 Å². The van der Waals surface area contributed by atoms with Crippen molar-refractivity contribution in [3.8, 4) is 0 Å². The number of anilines is 2. The van der Waals surface area contributed by atoms with Gasteiger partial charge in [-0.2, -0.15) is 0 Å². The molecule has 1 saturated heterocycles. The maximum Gasteiger partial charge on any atom is 0.228 e. The SMILES string of the molecule is O=C(Cc1ccc(N2CCCC2=O)cc1)Nc1cccc2cnccc12. The van der Waals surface area contributed by atoms with Crippen LogP contribution in [0, 0.1) is 0 Å². The summed E-state index contributed by atoms with van der Waals surface area (Å²) in [5.74, 6) is 0.0975. The van der Waals surface area contributed by atoms with Crippen molar-refractivity contribution in [1.82, 2.24) is 4.98 Å². The highest BCUT2D eigenvalue weighted by atomic mass is 16.2. The van der Waals surface area contributed by atoms with Gasteiger partial charge in [0.05, 0.1) is 6.42 Å². The Balaban J connectivity index is 1.45. The molecule has 1 aliphatic heterocycles. The quantitative estimate of drug-likeness (QED) is 0.787. The smallest absolute Gasteiger partial charge is 0.228 e. The van der Waals surface area contributed by atoms with E-state index in [1.165, 1.54) is 0 Å². The van der Waals surface area contributed by atoms with E-state index in [2.05, 4.69) is 10.3 Å². The molecule has 2 aromatic carbocycles. The van der Waals surface area contributed by atoms with Gasteiger partial charge in [0.2, 0.25) is 11.8 Å². The van der Waals surface area contributed by atoms with Gasteiger partial charge in [-0.3, -0.25) is 14.6 Å². The number of carbonyl (C=O) groups excluding carboxylic acids is 2. The Hall–Kier alpha value is -3.21. The normalized spacial score (nSPS) is 14.0. The van der Waals surface area contributed by atoms with E-state index >= 15 is 0 Å². The van der Waals surface area contributed by atoms with Crippen LogP contribution in [0.5, 0.6) is 0 Å². The summed E-state index contributed by atoms with van der Waals surface area (Å²) in [4.78, 5) is 30.1. The minimum atomic E-state index is -0.0701. The van der Waals surface area contributed by atoms with Crippen molar-refractivity contribution in [3.05, 3.63) is 66.5 Å². The van der Waals surface area contributed by atoms with E-state index in [4.69, 9.17) is 0 Å². The van der Waals surface area contributed by atoms with Crippen molar-refractivity contribution < 1.29 is 9.59 Å². The van der Waals surface area contributed by atoms with Crippen LogP contribution in [0.2, 0.25) is 0 Å². The van der Waals surface area contributed by atoms with Gasteiger partial charge in [0.1, 0.15) is 0 Å². The molecule has 1 N–H and O–H groups in total. The fraction of sp³-hybridized carbons (Fsp3) is 0.190. The lowest BCUT2D eigenvalue weighted by atomic mass is 10.1. The average molecular weight is 345 g/mol. The Morgan fingerprint density at radius 3 is 2.73 bits per heavy atom. The van der Waals surface area contributed by atoms with Crippen molar-refractivity contribution in [3.63, 3.8) is 0 Å². The molecule has 0 spiro atoms. The lowest BCUT2D eigenvalue weighted by molar-refractivity contribution is -0.117. The number of aromatic nitrogens is 1. The van der Waals surface area contributed by atoms with Crippen LogP contribution >= 0.6 is 0 Å². The molecule has 1 aliphatic rings. The summed E-state index contributed by atoms with van der Waals surface area (Å²) < 4.78 is 0. The standard InChI is InChI=1S/C21H19N3O2/c25-20(23-19-4-1-3-16-14-22-11-10-18(16)19)13-15-6-8-17(9-7-15)24-12-2-5-21(24)26/h1,3-4,6-11,14H,2,5,12-13H2,(H,23,25). The van der Waals surface area contributed by atoms with E-state index in [-0.39, 0.29) is 18.2 Å². The Morgan fingerprint density at radius 1 is 1.12 bits per heavy atom. The van der Waals surface area contributed by atoms with Gasteiger partial charge in [-0.15, -0.1) is 0 Å². The highest BCUT2D eigenvalue weighted by molar-refractivity contribution is 6.02. The molecule has 130 valence electrons. The molecule has 1 aromatic heterocycles. The van der Waals surface area contributed by atoms with E-state index in [0.29, 0.717) is 6.42 Å². The lowest BCUT2D eigenvalue weighted by Gasteiger charge is -2.16. The Kier molecular flexibility index (Phi) is 4.35. The molecule has 0 atom stereocenters. The van der Waals surface area contributed by atoms with Crippen LogP contribution in [-0.2, 0) is 16.0 Å². The first-order chi connectivity index (χ1) is 12.7. The van der Waals surface area contributed by atoms with E-state index < -0.39 is 0 Å². The van der Waals surface area contributed by atoms with Gasteiger partial charge in [-0.25, -0.2) is 0 Å². The predicted octanol–water partition coefficient (Wildman–Crippen LogP) is 3.54. The van der Waals surface area contributed by atoms with Crippen LogP contribution < -0.4 is 10.2 Å². The fourth-order valence-corrected chi connectivity index (χ4v) is 3.33. The molecule has 5 heteroatoms. The van der Waals surface area contributed by atoms with Crippen molar-refractivity contribution in [1.29, 1.82) is 0 Å². The second-order valence-electron chi connectivity index (χ2n) is 6.44. The molecule has 0 unspecified atom stereocenters. The zero-order chi connectivity index (χ0) is 17.9. The zero-order valence-electron chi connectivity index (χ0n) is 14.3. The molecule has 3 aromatic rings. The Morgan fingerprint density at radius 2 is 1.96 bits per heavy atom. The number of fused-ring (bicyclic) bond motifs is 1. The topological polar surface area (TPSA) is 62.3 Å². The van der Waals surface area contributed by atoms with Crippen LogP contribution in [0.3, 0.4) is 0 Å². The van der Waals surface area contributed by atoms with E-state index in [0.717, 1.165) is 40.7 Å². The number of carbonyl (C=O) groups is 2. The molecule has 0 bridgehead atoms. The molecular weight excluding hydrogens is 326 g/mol. The maximum absolute atomic E-state index is 12.4. The number of amides is 2. The van der Waals surface area contributed by atoms with E-state index in [1.807, 2.05) is 48.5 Å². The van der Waals surface area contributed by atoms with Crippen molar-refractivity contribution in [2.24, 2.45) is 0 Å². The van der Waals surface area contributed by atoms with Crippen molar-refractivity contribution >= 4 is 34.0 Å². The monoisotopic (exact) mass is 345 g/mol. The summed E-state index contributed by atoms with van der Waals surface area (Å²) in [6, 6.07) is 15.3. The molecule has 0 radical (unpaired) electrons. The summed E-state index contributed by atoms with van der Waals surface area (Å²) in [5, 5.41) is 4.94. The van der Waals surface area contributed by atoms with Gasteiger partial charge in [-0.05, 0) is 36.2 Å². The van der Waals surface area contributed by atoms with Gasteiger partial charge in [-0.1, -0.05) is 24.3 Å². The molecule has 0 aliphatic carbocycles. The van der Waals surface area contributed by atoms with Crippen LogP contribution in [0.25, 0.3) is 10.8 Å². The zero-order valence-corrected chi connectivity index (χ0v) is 14.3. The second kappa shape index (κ2) is 6.96. The largest absolute Gasteiger partial charge is 0.325 e. The average Bonchev–Trinajstić information content (AvgIpc) is 3.09. The molecule has 5 nitrogen and oxygen atoms in total. The summed E-state index contributed by atoms with van der Waals surface area (Å²) in [5.41, 5.74) is 2.60. The number of benzene rings is 2.